The minimum Gasteiger partial charge on any atom is -0.495 e. The second kappa shape index (κ2) is 8.71. The lowest BCUT2D eigenvalue weighted by molar-refractivity contribution is 0.417. The fourth-order valence-electron chi connectivity index (χ4n) is 3.48. The Morgan fingerprint density at radius 1 is 1.10 bits per heavy atom. The molecule has 2 aromatic carbocycles. The number of nitrogens with zero attached hydrogens (tertiary/aromatic N) is 3. The molecule has 0 saturated heterocycles. The van der Waals surface area contributed by atoms with Gasteiger partial charge in [-0.15, -0.1) is 0 Å². The largest absolute Gasteiger partial charge is 0.495 e. The molecular weight excluding hydrogens is 388 g/mol. The van der Waals surface area contributed by atoms with Crippen LogP contribution in [0.1, 0.15) is 5.56 Å². The van der Waals surface area contributed by atoms with Crippen LogP contribution in [0.2, 0.25) is 0 Å². The molecule has 0 fully saturated rings. The molecule has 0 unspecified atom stereocenters. The first-order valence-corrected chi connectivity index (χ1v) is 9.83. The van der Waals surface area contributed by atoms with Gasteiger partial charge in [0.2, 0.25) is 0 Å². The summed E-state index contributed by atoms with van der Waals surface area (Å²) in [6.07, 6.45) is 8.59. The number of rotatable bonds is 7. The molecule has 7 heteroatoms. The van der Waals surface area contributed by atoms with Crippen LogP contribution in [0.3, 0.4) is 0 Å². The first kappa shape index (κ1) is 20.2. The minimum absolute atomic E-state index is 0.713. The molecule has 2 aromatic heterocycles. The van der Waals surface area contributed by atoms with Crippen LogP contribution in [0, 0.1) is 5.41 Å². The van der Waals surface area contributed by atoms with Gasteiger partial charge in [-0.2, -0.15) is 0 Å². The van der Waals surface area contributed by atoms with Gasteiger partial charge in [-0.05, 0) is 35.2 Å². The van der Waals surface area contributed by atoms with Gasteiger partial charge in [0.25, 0.3) is 0 Å². The molecular formula is C24H24N6O. The van der Waals surface area contributed by atoms with Gasteiger partial charge in [-0.1, -0.05) is 18.2 Å². The SMILES string of the molecule is CN/C=C(\C=N)c1ccc2cnc(Nc3ccc(-c4cncn4C)cc3OC)cc2c1. The average Bonchev–Trinajstić information content (AvgIpc) is 3.23. The van der Waals surface area contributed by atoms with Crippen LogP contribution in [0.15, 0.2) is 67.4 Å². The minimum atomic E-state index is 0.713. The highest BCUT2D eigenvalue weighted by Crippen LogP contribution is 2.33. The fourth-order valence-corrected chi connectivity index (χ4v) is 3.48. The molecule has 0 aliphatic rings. The molecule has 0 radical (unpaired) electrons. The normalized spacial score (nSPS) is 11.4. The van der Waals surface area contributed by atoms with Gasteiger partial charge in [0.1, 0.15) is 11.6 Å². The van der Waals surface area contributed by atoms with Gasteiger partial charge in [0.15, 0.2) is 0 Å². The Balaban J connectivity index is 1.67. The molecule has 0 spiro atoms. The number of nitrogens with one attached hydrogen (secondary N) is 3. The van der Waals surface area contributed by atoms with Crippen LogP contribution in [0.5, 0.6) is 5.75 Å². The number of fused-ring (bicyclic) bond motifs is 1. The van der Waals surface area contributed by atoms with Crippen molar-refractivity contribution in [3.63, 3.8) is 0 Å². The van der Waals surface area contributed by atoms with E-state index in [1.54, 1.807) is 13.4 Å². The van der Waals surface area contributed by atoms with Crippen molar-refractivity contribution in [1.29, 1.82) is 5.41 Å². The maximum absolute atomic E-state index is 7.65. The zero-order valence-electron chi connectivity index (χ0n) is 17.7. The summed E-state index contributed by atoms with van der Waals surface area (Å²) in [4.78, 5) is 8.73. The molecule has 3 N–H and O–H groups in total. The van der Waals surface area contributed by atoms with Crippen LogP contribution < -0.4 is 15.4 Å². The first-order valence-electron chi connectivity index (χ1n) is 9.83. The molecule has 0 aliphatic heterocycles. The number of pyridine rings is 1. The number of benzene rings is 2. The summed E-state index contributed by atoms with van der Waals surface area (Å²) in [7, 11) is 5.44. The standard InChI is InChI=1S/C24H24N6O/c1-26-12-20(11-25)16-4-5-18-13-28-24(10-19(18)8-16)29-21-7-6-17(9-23(21)31-3)22-14-27-15-30(22)2/h4-15,25-26H,1-3H3,(H,28,29)/b20-12+,25-11?. The highest BCUT2D eigenvalue weighted by atomic mass is 16.5. The molecule has 4 rings (SSSR count). The Kier molecular flexibility index (Phi) is 5.66. The number of imidazole rings is 1. The number of hydrogen-bond acceptors (Lipinski definition) is 6. The number of ether oxygens (including phenoxy) is 1. The zero-order chi connectivity index (χ0) is 21.8. The second-order valence-electron chi connectivity index (χ2n) is 7.09. The number of aromatic nitrogens is 3. The summed E-state index contributed by atoms with van der Waals surface area (Å²) in [5.74, 6) is 1.43. The predicted octanol–water partition coefficient (Wildman–Crippen LogP) is 4.60. The summed E-state index contributed by atoms with van der Waals surface area (Å²) in [5.41, 5.74) is 4.63. The van der Waals surface area contributed by atoms with E-state index in [0.717, 1.165) is 44.6 Å². The molecule has 2 heterocycles. The van der Waals surface area contributed by atoms with Crippen LogP contribution in [-0.4, -0.2) is 34.9 Å². The van der Waals surface area contributed by atoms with Gasteiger partial charge in [-0.25, -0.2) is 9.97 Å². The van der Waals surface area contributed by atoms with E-state index in [2.05, 4.69) is 26.7 Å². The van der Waals surface area contributed by atoms with E-state index in [4.69, 9.17) is 10.1 Å². The number of methoxy groups -OCH3 is 1. The lowest BCUT2D eigenvalue weighted by Crippen LogP contribution is -1.99. The summed E-state index contributed by atoms with van der Waals surface area (Å²) in [6, 6.07) is 14.0. The van der Waals surface area contributed by atoms with Gasteiger partial charge in [-0.3, -0.25) is 0 Å². The topological polar surface area (TPSA) is 87.9 Å². The van der Waals surface area contributed by atoms with Crippen LogP contribution in [-0.2, 0) is 7.05 Å². The van der Waals surface area contributed by atoms with E-state index in [1.165, 1.54) is 6.21 Å². The third kappa shape index (κ3) is 4.11. The molecule has 0 amide bonds. The van der Waals surface area contributed by atoms with Crippen molar-refractivity contribution < 1.29 is 4.74 Å². The second-order valence-corrected chi connectivity index (χ2v) is 7.09. The number of hydrogen-bond donors (Lipinski definition) is 3. The van der Waals surface area contributed by atoms with Gasteiger partial charge < -0.3 is 25.3 Å². The molecule has 0 bridgehead atoms. The summed E-state index contributed by atoms with van der Waals surface area (Å²) in [6.45, 7) is 0. The Hall–Kier alpha value is -4.13. The van der Waals surface area contributed by atoms with E-state index >= 15 is 0 Å². The maximum Gasteiger partial charge on any atom is 0.143 e. The lowest BCUT2D eigenvalue weighted by atomic mass is 10.0. The zero-order valence-corrected chi connectivity index (χ0v) is 17.7. The Labute approximate surface area is 180 Å². The third-order valence-corrected chi connectivity index (χ3v) is 5.09. The molecule has 4 aromatic rings. The maximum atomic E-state index is 7.65. The molecule has 0 aliphatic carbocycles. The van der Waals surface area contributed by atoms with Crippen LogP contribution in [0.4, 0.5) is 11.5 Å². The Morgan fingerprint density at radius 2 is 1.97 bits per heavy atom. The van der Waals surface area contributed by atoms with Crippen molar-refractivity contribution in [3.8, 4) is 17.0 Å². The van der Waals surface area contributed by atoms with Crippen molar-refractivity contribution in [1.82, 2.24) is 19.9 Å². The summed E-state index contributed by atoms with van der Waals surface area (Å²) in [5, 5.41) is 16.1. The molecule has 7 nitrogen and oxygen atoms in total. The molecule has 31 heavy (non-hydrogen) atoms. The monoisotopic (exact) mass is 412 g/mol. The lowest BCUT2D eigenvalue weighted by Gasteiger charge is -2.13. The third-order valence-electron chi connectivity index (χ3n) is 5.09. The van der Waals surface area contributed by atoms with Crippen molar-refractivity contribution in [3.05, 3.63) is 72.9 Å². The smallest absolute Gasteiger partial charge is 0.143 e. The summed E-state index contributed by atoms with van der Waals surface area (Å²) >= 11 is 0. The number of allylic oxidation sites excluding steroid dienone is 1. The van der Waals surface area contributed by atoms with Gasteiger partial charge in [0.05, 0.1) is 31.0 Å². The molecule has 0 atom stereocenters. The fraction of sp³-hybridized carbons (Fsp3) is 0.125. The Bertz CT molecular complexity index is 1270. The van der Waals surface area contributed by atoms with Crippen LogP contribution in [0.25, 0.3) is 27.6 Å². The quantitative estimate of drug-likeness (QED) is 0.386. The van der Waals surface area contributed by atoms with E-state index in [9.17, 15) is 0 Å². The summed E-state index contributed by atoms with van der Waals surface area (Å²) < 4.78 is 7.58. The highest BCUT2D eigenvalue weighted by molar-refractivity contribution is 6.09. The van der Waals surface area contributed by atoms with E-state index in [1.807, 2.05) is 73.7 Å². The van der Waals surface area contributed by atoms with Gasteiger partial charge >= 0.3 is 0 Å². The number of anilines is 2. The van der Waals surface area contributed by atoms with Gasteiger partial charge in [0, 0.05) is 49.2 Å². The Morgan fingerprint density at radius 3 is 2.68 bits per heavy atom. The predicted molar refractivity (Wildman–Crippen MR) is 126 cm³/mol. The molecule has 156 valence electrons. The van der Waals surface area contributed by atoms with Crippen molar-refractivity contribution in [2.45, 2.75) is 0 Å². The number of aryl methyl sites for hydroxylation is 1. The van der Waals surface area contributed by atoms with Crippen molar-refractivity contribution >= 4 is 34.1 Å². The van der Waals surface area contributed by atoms with E-state index in [-0.39, 0.29) is 0 Å². The average molecular weight is 412 g/mol. The van der Waals surface area contributed by atoms with Crippen LogP contribution >= 0.6 is 0 Å². The van der Waals surface area contributed by atoms with Crippen molar-refractivity contribution in [2.24, 2.45) is 7.05 Å². The van der Waals surface area contributed by atoms with Crippen molar-refractivity contribution in [2.75, 3.05) is 19.5 Å². The first-order chi connectivity index (χ1) is 15.1. The molecule has 0 saturated carbocycles. The van der Waals surface area contributed by atoms with E-state index in [0.29, 0.717) is 5.82 Å². The highest BCUT2D eigenvalue weighted by Gasteiger charge is 2.10. The van der Waals surface area contributed by atoms with E-state index < -0.39 is 0 Å².